The molecular weight excluding hydrogens is 346 g/mol. The van der Waals surface area contributed by atoms with Crippen molar-refractivity contribution in [2.75, 3.05) is 0 Å². The first kappa shape index (κ1) is 14.8. The molecule has 0 unspecified atom stereocenters. The summed E-state index contributed by atoms with van der Waals surface area (Å²) >= 11 is 9.48. The molecule has 0 fully saturated rings. The molecule has 0 N–H and O–H groups in total. The van der Waals surface area contributed by atoms with Crippen LogP contribution in [-0.4, -0.2) is 4.92 Å². The number of nitrogens with zero attached hydrogens (tertiary/aromatic N) is 1. The Bertz CT molecular complexity index is 661. The highest BCUT2D eigenvalue weighted by atomic mass is 79.9. The molecule has 2 aromatic carbocycles. The fourth-order valence-corrected chi connectivity index (χ4v) is 2.23. The molecule has 0 bridgehead atoms. The van der Waals surface area contributed by atoms with Gasteiger partial charge in [0.2, 0.25) is 0 Å². The molecule has 20 heavy (non-hydrogen) atoms. The van der Waals surface area contributed by atoms with Gasteiger partial charge in [0.25, 0.3) is 5.69 Å². The molecule has 4 nitrogen and oxygen atoms in total. The summed E-state index contributed by atoms with van der Waals surface area (Å²) in [4.78, 5) is 10.3. The Balaban J connectivity index is 2.34. The topological polar surface area (TPSA) is 52.4 Å². The molecule has 0 amide bonds. The average molecular weight is 357 g/mol. The van der Waals surface area contributed by atoms with Crippen LogP contribution >= 0.6 is 27.5 Å². The summed E-state index contributed by atoms with van der Waals surface area (Å²) in [5, 5.41) is 11.9. The average Bonchev–Trinajstić information content (AvgIpc) is 2.42. The lowest BCUT2D eigenvalue weighted by atomic mass is 10.2. The number of ether oxygens (including phenoxy) is 1. The number of nitro benzene ring substituents is 1. The van der Waals surface area contributed by atoms with Crippen molar-refractivity contribution >= 4 is 33.2 Å². The van der Waals surface area contributed by atoms with E-state index in [2.05, 4.69) is 15.9 Å². The summed E-state index contributed by atoms with van der Waals surface area (Å²) in [5.74, 6) is 0.896. The Kier molecular flexibility index (Phi) is 4.62. The third kappa shape index (κ3) is 3.29. The predicted octanol–water partition coefficient (Wildman–Crippen LogP) is 5.24. The molecule has 2 aromatic rings. The number of aryl methyl sites for hydroxylation is 1. The van der Waals surface area contributed by atoms with Gasteiger partial charge in [-0.05, 0) is 36.2 Å². The fraction of sp³-hybridized carbons (Fsp3) is 0.143. The number of halogens is 2. The Morgan fingerprint density at radius 3 is 2.60 bits per heavy atom. The highest BCUT2D eigenvalue weighted by Crippen LogP contribution is 2.33. The molecule has 2 rings (SSSR count). The van der Waals surface area contributed by atoms with Crippen molar-refractivity contribution in [3.63, 3.8) is 0 Å². The van der Waals surface area contributed by atoms with E-state index >= 15 is 0 Å². The minimum atomic E-state index is -0.457. The van der Waals surface area contributed by atoms with Gasteiger partial charge in [-0.2, -0.15) is 0 Å². The molecule has 0 aromatic heterocycles. The van der Waals surface area contributed by atoms with Crippen LogP contribution in [-0.2, 0) is 5.33 Å². The maximum atomic E-state index is 10.8. The SMILES string of the molecule is Cc1ccc([N+](=O)[O-])cc1Oc1ccc(CBr)cc1Cl. The third-order valence-corrected chi connectivity index (χ3v) is 3.70. The Morgan fingerprint density at radius 1 is 1.25 bits per heavy atom. The summed E-state index contributed by atoms with van der Waals surface area (Å²) in [6, 6.07) is 9.90. The second kappa shape index (κ2) is 6.24. The zero-order valence-electron chi connectivity index (χ0n) is 10.6. The van der Waals surface area contributed by atoms with Crippen LogP contribution in [0.3, 0.4) is 0 Å². The number of rotatable bonds is 4. The number of hydrogen-bond acceptors (Lipinski definition) is 3. The normalized spacial score (nSPS) is 10.3. The lowest BCUT2D eigenvalue weighted by molar-refractivity contribution is -0.384. The quantitative estimate of drug-likeness (QED) is 0.427. The smallest absolute Gasteiger partial charge is 0.273 e. The van der Waals surface area contributed by atoms with Gasteiger partial charge in [-0.1, -0.05) is 33.6 Å². The van der Waals surface area contributed by atoms with E-state index in [0.717, 1.165) is 11.1 Å². The zero-order chi connectivity index (χ0) is 14.7. The second-order valence-electron chi connectivity index (χ2n) is 4.21. The first-order chi connectivity index (χ1) is 9.51. The van der Waals surface area contributed by atoms with Gasteiger partial charge in [0.15, 0.2) is 0 Å². The van der Waals surface area contributed by atoms with E-state index in [0.29, 0.717) is 21.9 Å². The number of hydrogen-bond donors (Lipinski definition) is 0. The van der Waals surface area contributed by atoms with Crippen molar-refractivity contribution in [3.05, 3.63) is 62.7 Å². The highest BCUT2D eigenvalue weighted by molar-refractivity contribution is 9.08. The Morgan fingerprint density at radius 2 is 2.00 bits per heavy atom. The summed E-state index contributed by atoms with van der Waals surface area (Å²) in [7, 11) is 0. The summed E-state index contributed by atoms with van der Waals surface area (Å²) in [6.45, 7) is 1.82. The van der Waals surface area contributed by atoms with E-state index in [1.54, 1.807) is 18.2 Å². The molecular formula is C14H11BrClNO3. The minimum absolute atomic E-state index is 0.0150. The van der Waals surface area contributed by atoms with Crippen molar-refractivity contribution in [1.29, 1.82) is 0 Å². The summed E-state index contributed by atoms with van der Waals surface area (Å²) in [5.41, 5.74) is 1.81. The van der Waals surface area contributed by atoms with E-state index < -0.39 is 4.92 Å². The van der Waals surface area contributed by atoms with Crippen molar-refractivity contribution in [1.82, 2.24) is 0 Å². The lowest BCUT2D eigenvalue weighted by Gasteiger charge is -2.10. The Labute approximate surface area is 129 Å². The fourth-order valence-electron chi connectivity index (χ4n) is 1.64. The first-order valence-electron chi connectivity index (χ1n) is 5.78. The minimum Gasteiger partial charge on any atom is -0.455 e. The molecule has 0 saturated heterocycles. The van der Waals surface area contributed by atoms with Crippen LogP contribution < -0.4 is 4.74 Å². The number of nitro groups is 1. The number of non-ortho nitro benzene ring substituents is 1. The second-order valence-corrected chi connectivity index (χ2v) is 5.18. The Hall–Kier alpha value is -1.59. The van der Waals surface area contributed by atoms with E-state index in [9.17, 15) is 10.1 Å². The molecule has 0 atom stereocenters. The van der Waals surface area contributed by atoms with Crippen molar-refractivity contribution < 1.29 is 9.66 Å². The van der Waals surface area contributed by atoms with Gasteiger partial charge in [0, 0.05) is 11.4 Å². The standard InChI is InChI=1S/C14H11BrClNO3/c1-9-2-4-11(17(18)19)7-14(9)20-13-5-3-10(8-15)6-12(13)16/h2-7H,8H2,1H3. The van der Waals surface area contributed by atoms with Crippen molar-refractivity contribution in [3.8, 4) is 11.5 Å². The van der Waals surface area contributed by atoms with Crippen LogP contribution in [0.5, 0.6) is 11.5 Å². The number of benzene rings is 2. The van der Waals surface area contributed by atoms with Crippen LogP contribution in [0.15, 0.2) is 36.4 Å². The zero-order valence-corrected chi connectivity index (χ0v) is 12.9. The molecule has 0 aliphatic carbocycles. The first-order valence-corrected chi connectivity index (χ1v) is 7.28. The summed E-state index contributed by atoms with van der Waals surface area (Å²) < 4.78 is 5.68. The van der Waals surface area contributed by atoms with Crippen LogP contribution in [0.25, 0.3) is 0 Å². The van der Waals surface area contributed by atoms with Gasteiger partial charge < -0.3 is 4.74 Å². The van der Waals surface area contributed by atoms with Gasteiger partial charge in [-0.3, -0.25) is 10.1 Å². The maximum Gasteiger partial charge on any atom is 0.273 e. The lowest BCUT2D eigenvalue weighted by Crippen LogP contribution is -1.93. The third-order valence-electron chi connectivity index (χ3n) is 2.75. The molecule has 104 valence electrons. The van der Waals surface area contributed by atoms with Gasteiger partial charge in [-0.15, -0.1) is 0 Å². The number of alkyl halides is 1. The van der Waals surface area contributed by atoms with Crippen molar-refractivity contribution in [2.24, 2.45) is 0 Å². The molecule has 0 heterocycles. The molecule has 0 spiro atoms. The van der Waals surface area contributed by atoms with E-state index in [4.69, 9.17) is 16.3 Å². The van der Waals surface area contributed by atoms with Gasteiger partial charge in [0.05, 0.1) is 16.0 Å². The molecule has 0 saturated carbocycles. The van der Waals surface area contributed by atoms with Gasteiger partial charge in [0.1, 0.15) is 11.5 Å². The van der Waals surface area contributed by atoms with E-state index in [-0.39, 0.29) is 5.69 Å². The largest absolute Gasteiger partial charge is 0.455 e. The monoisotopic (exact) mass is 355 g/mol. The van der Waals surface area contributed by atoms with Gasteiger partial charge >= 0.3 is 0 Å². The maximum absolute atomic E-state index is 10.8. The van der Waals surface area contributed by atoms with Gasteiger partial charge in [-0.25, -0.2) is 0 Å². The van der Waals surface area contributed by atoms with E-state index in [1.807, 2.05) is 13.0 Å². The van der Waals surface area contributed by atoms with Crippen molar-refractivity contribution in [2.45, 2.75) is 12.3 Å². The van der Waals surface area contributed by atoms with Crippen LogP contribution in [0.1, 0.15) is 11.1 Å². The molecule has 0 aliphatic rings. The molecule has 0 aliphatic heterocycles. The summed E-state index contributed by atoms with van der Waals surface area (Å²) in [6.07, 6.45) is 0. The van der Waals surface area contributed by atoms with Crippen LogP contribution in [0, 0.1) is 17.0 Å². The van der Waals surface area contributed by atoms with E-state index in [1.165, 1.54) is 12.1 Å². The predicted molar refractivity (Wildman–Crippen MR) is 82.0 cm³/mol. The van der Waals surface area contributed by atoms with Crippen LogP contribution in [0.2, 0.25) is 5.02 Å². The molecule has 6 heteroatoms. The van der Waals surface area contributed by atoms with Crippen LogP contribution in [0.4, 0.5) is 5.69 Å². The highest BCUT2D eigenvalue weighted by Gasteiger charge is 2.12. The molecule has 0 radical (unpaired) electrons.